The standard InChI is InChI=1S/C20H20N4OS/c1-12-6-5-7-14(10-13(12)2)24-11-22-17-16-15(23(3)4)8-9-21-19(16)26-18(17)20(24)25/h5-6,8-11H,7H2,1-4H3. The van der Waals surface area contributed by atoms with Gasteiger partial charge in [0.2, 0.25) is 0 Å². The third-order valence-electron chi connectivity index (χ3n) is 4.75. The molecule has 132 valence electrons. The molecule has 0 radical (unpaired) electrons. The Morgan fingerprint density at radius 2 is 2.00 bits per heavy atom. The molecule has 0 unspecified atom stereocenters. The molecule has 0 saturated heterocycles. The molecule has 0 aromatic carbocycles. The van der Waals surface area contributed by atoms with E-state index in [9.17, 15) is 4.79 Å². The van der Waals surface area contributed by atoms with Crippen molar-refractivity contribution in [3.63, 3.8) is 0 Å². The molecule has 0 aliphatic heterocycles. The predicted octanol–water partition coefficient (Wildman–Crippen LogP) is 4.21. The first-order valence-electron chi connectivity index (χ1n) is 8.48. The minimum absolute atomic E-state index is 0.0327. The van der Waals surface area contributed by atoms with Crippen LogP contribution in [0.1, 0.15) is 20.3 Å². The summed E-state index contributed by atoms with van der Waals surface area (Å²) in [6.07, 6.45) is 10.4. The van der Waals surface area contributed by atoms with Crippen LogP contribution in [0.3, 0.4) is 0 Å². The summed E-state index contributed by atoms with van der Waals surface area (Å²) < 4.78 is 2.32. The third kappa shape index (κ3) is 2.57. The SMILES string of the molecule is CC1=C(C)C=C(n2cnc3c(sc4nccc(N(C)C)c43)c2=O)CC=C1. The summed E-state index contributed by atoms with van der Waals surface area (Å²) in [5.74, 6) is 0. The first-order chi connectivity index (χ1) is 12.5. The summed E-state index contributed by atoms with van der Waals surface area (Å²) in [6.45, 7) is 4.14. The third-order valence-corrected chi connectivity index (χ3v) is 5.83. The minimum Gasteiger partial charge on any atom is -0.377 e. The Bertz CT molecular complexity index is 1180. The Labute approximate surface area is 155 Å². The van der Waals surface area contributed by atoms with E-state index >= 15 is 0 Å². The highest BCUT2D eigenvalue weighted by Crippen LogP contribution is 2.35. The predicted molar refractivity (Wildman–Crippen MR) is 110 cm³/mol. The fourth-order valence-electron chi connectivity index (χ4n) is 3.19. The number of hydrogen-bond acceptors (Lipinski definition) is 5. The smallest absolute Gasteiger partial charge is 0.275 e. The second kappa shape index (κ2) is 6.21. The van der Waals surface area contributed by atoms with Crippen molar-refractivity contribution in [1.82, 2.24) is 14.5 Å². The van der Waals surface area contributed by atoms with E-state index in [0.717, 1.165) is 32.7 Å². The highest BCUT2D eigenvalue weighted by Gasteiger charge is 2.17. The zero-order valence-electron chi connectivity index (χ0n) is 15.3. The molecule has 0 amide bonds. The van der Waals surface area contributed by atoms with Crippen molar-refractivity contribution in [2.75, 3.05) is 19.0 Å². The lowest BCUT2D eigenvalue weighted by atomic mass is 10.1. The van der Waals surface area contributed by atoms with Crippen LogP contribution in [-0.4, -0.2) is 28.6 Å². The normalized spacial score (nSPS) is 14.8. The van der Waals surface area contributed by atoms with Gasteiger partial charge in [0.25, 0.3) is 5.56 Å². The summed E-state index contributed by atoms with van der Waals surface area (Å²) in [4.78, 5) is 25.2. The average molecular weight is 364 g/mol. The monoisotopic (exact) mass is 364 g/mol. The highest BCUT2D eigenvalue weighted by atomic mass is 32.1. The molecule has 0 bridgehead atoms. The first kappa shape index (κ1) is 16.7. The molecule has 5 nitrogen and oxygen atoms in total. The molecule has 0 N–H and O–H groups in total. The Hall–Kier alpha value is -2.73. The van der Waals surface area contributed by atoms with E-state index in [1.807, 2.05) is 25.1 Å². The molecular formula is C20H20N4OS. The Morgan fingerprint density at radius 3 is 2.77 bits per heavy atom. The number of anilines is 1. The number of thiophene rings is 1. The molecule has 0 atom stereocenters. The van der Waals surface area contributed by atoms with Crippen LogP contribution in [0, 0.1) is 0 Å². The zero-order valence-corrected chi connectivity index (χ0v) is 16.1. The van der Waals surface area contributed by atoms with E-state index in [1.54, 1.807) is 17.1 Å². The Kier molecular flexibility index (Phi) is 4.00. The molecule has 3 heterocycles. The number of aromatic nitrogens is 3. The maximum Gasteiger partial charge on any atom is 0.275 e. The second-order valence-corrected chi connectivity index (χ2v) is 7.71. The van der Waals surface area contributed by atoms with E-state index in [2.05, 4.69) is 42.0 Å². The molecule has 0 fully saturated rings. The van der Waals surface area contributed by atoms with Crippen molar-refractivity contribution in [3.05, 3.63) is 58.3 Å². The average Bonchev–Trinajstić information content (AvgIpc) is 2.92. The number of fused-ring (bicyclic) bond motifs is 3. The summed E-state index contributed by atoms with van der Waals surface area (Å²) >= 11 is 1.41. The molecule has 4 rings (SSSR count). The van der Waals surface area contributed by atoms with E-state index < -0.39 is 0 Å². The maximum atomic E-state index is 13.2. The fourth-order valence-corrected chi connectivity index (χ4v) is 4.24. The van der Waals surface area contributed by atoms with Gasteiger partial charge in [0, 0.05) is 32.4 Å². The van der Waals surface area contributed by atoms with Crippen molar-refractivity contribution >= 4 is 43.2 Å². The molecule has 1 aliphatic carbocycles. The lowest BCUT2D eigenvalue weighted by Gasteiger charge is -2.13. The van der Waals surface area contributed by atoms with Gasteiger partial charge in [-0.3, -0.25) is 9.36 Å². The van der Waals surface area contributed by atoms with Crippen LogP contribution in [0.2, 0.25) is 0 Å². The van der Waals surface area contributed by atoms with Crippen LogP contribution in [-0.2, 0) is 0 Å². The van der Waals surface area contributed by atoms with Crippen LogP contribution in [0.25, 0.3) is 26.1 Å². The molecule has 26 heavy (non-hydrogen) atoms. The summed E-state index contributed by atoms with van der Waals surface area (Å²) in [6, 6.07) is 1.96. The van der Waals surface area contributed by atoms with Gasteiger partial charge < -0.3 is 4.90 Å². The molecule has 1 aliphatic rings. The van der Waals surface area contributed by atoms with Crippen molar-refractivity contribution < 1.29 is 0 Å². The van der Waals surface area contributed by atoms with Crippen LogP contribution in [0.15, 0.2) is 52.8 Å². The van der Waals surface area contributed by atoms with Gasteiger partial charge in [-0.2, -0.15) is 0 Å². The second-order valence-electron chi connectivity index (χ2n) is 6.71. The number of pyridine rings is 1. The Balaban J connectivity index is 1.99. The van der Waals surface area contributed by atoms with Crippen LogP contribution < -0.4 is 10.5 Å². The van der Waals surface area contributed by atoms with Crippen molar-refractivity contribution in [3.8, 4) is 0 Å². The molecule has 6 heteroatoms. The van der Waals surface area contributed by atoms with Crippen molar-refractivity contribution in [1.29, 1.82) is 0 Å². The number of rotatable bonds is 2. The molecule has 0 saturated carbocycles. The first-order valence-corrected chi connectivity index (χ1v) is 9.30. The van der Waals surface area contributed by atoms with Gasteiger partial charge in [-0.05, 0) is 37.1 Å². The van der Waals surface area contributed by atoms with Gasteiger partial charge in [0.05, 0.1) is 16.6 Å². The minimum atomic E-state index is -0.0327. The Morgan fingerprint density at radius 1 is 1.19 bits per heavy atom. The summed E-state index contributed by atoms with van der Waals surface area (Å²) in [7, 11) is 3.97. The van der Waals surface area contributed by atoms with Gasteiger partial charge in [-0.25, -0.2) is 9.97 Å². The summed E-state index contributed by atoms with van der Waals surface area (Å²) in [5, 5.41) is 0.948. The number of nitrogens with zero attached hydrogens (tertiary/aromatic N) is 4. The lowest BCUT2D eigenvalue weighted by Crippen LogP contribution is -2.19. The highest BCUT2D eigenvalue weighted by molar-refractivity contribution is 7.25. The zero-order chi connectivity index (χ0) is 18.4. The van der Waals surface area contributed by atoms with Crippen LogP contribution in [0.5, 0.6) is 0 Å². The maximum absolute atomic E-state index is 13.2. The fraction of sp³-hybridized carbons (Fsp3) is 0.250. The van der Waals surface area contributed by atoms with E-state index in [-0.39, 0.29) is 5.56 Å². The van der Waals surface area contributed by atoms with Gasteiger partial charge in [0.15, 0.2) is 0 Å². The molecular weight excluding hydrogens is 344 g/mol. The van der Waals surface area contributed by atoms with Crippen molar-refractivity contribution in [2.24, 2.45) is 0 Å². The number of allylic oxidation sites excluding steroid dienone is 6. The van der Waals surface area contributed by atoms with Crippen LogP contribution in [0.4, 0.5) is 5.69 Å². The van der Waals surface area contributed by atoms with Crippen molar-refractivity contribution in [2.45, 2.75) is 20.3 Å². The lowest BCUT2D eigenvalue weighted by molar-refractivity contribution is 0.959. The van der Waals surface area contributed by atoms with Gasteiger partial charge in [-0.1, -0.05) is 12.2 Å². The van der Waals surface area contributed by atoms with Crippen LogP contribution >= 0.6 is 11.3 Å². The van der Waals surface area contributed by atoms with Gasteiger partial charge >= 0.3 is 0 Å². The largest absolute Gasteiger partial charge is 0.377 e. The topological polar surface area (TPSA) is 51.0 Å². The quantitative estimate of drug-likeness (QED) is 0.683. The van der Waals surface area contributed by atoms with E-state index in [4.69, 9.17) is 0 Å². The van der Waals surface area contributed by atoms with Gasteiger partial charge in [0.1, 0.15) is 15.9 Å². The van der Waals surface area contributed by atoms with E-state index in [0.29, 0.717) is 11.1 Å². The molecule has 3 aromatic rings. The summed E-state index contributed by atoms with van der Waals surface area (Å²) in [5.41, 5.74) is 5.04. The molecule has 0 spiro atoms. The van der Waals surface area contributed by atoms with E-state index in [1.165, 1.54) is 16.9 Å². The molecule has 3 aromatic heterocycles. The van der Waals surface area contributed by atoms with Gasteiger partial charge in [-0.15, -0.1) is 11.3 Å². The number of hydrogen-bond donors (Lipinski definition) is 0.